The van der Waals surface area contributed by atoms with E-state index in [2.05, 4.69) is 16.5 Å². The molecule has 0 spiro atoms. The fourth-order valence-electron chi connectivity index (χ4n) is 3.55. The first kappa shape index (κ1) is 19.7. The number of nitriles is 1. The number of carbonyl (C=O) groups excluding carboxylic acids is 1. The van der Waals surface area contributed by atoms with Crippen LogP contribution in [0.15, 0.2) is 30.3 Å². The van der Waals surface area contributed by atoms with Gasteiger partial charge in [0, 0.05) is 17.7 Å². The number of methoxy groups -OCH3 is 2. The number of pyridine rings is 1. The van der Waals surface area contributed by atoms with Gasteiger partial charge < -0.3 is 14.8 Å². The monoisotopic (exact) mass is 405 g/mol. The average Bonchev–Trinajstić information content (AvgIpc) is 3.44. The third-order valence-corrected chi connectivity index (χ3v) is 5.32. The Bertz CT molecular complexity index is 1170. The third kappa shape index (κ3) is 3.12. The predicted octanol–water partition coefficient (Wildman–Crippen LogP) is 2.84. The maximum atomic E-state index is 12.8. The molecule has 0 atom stereocenters. The van der Waals surface area contributed by atoms with Crippen LogP contribution in [0, 0.1) is 11.3 Å². The lowest BCUT2D eigenvalue weighted by molar-refractivity contribution is -0.124. The summed E-state index contributed by atoms with van der Waals surface area (Å²) in [7, 11) is 3.10. The molecule has 0 bridgehead atoms. The molecule has 1 aromatic carbocycles. The summed E-state index contributed by atoms with van der Waals surface area (Å²) in [6.07, 6.45) is 1.43. The van der Waals surface area contributed by atoms with Crippen molar-refractivity contribution in [2.45, 2.75) is 38.1 Å². The van der Waals surface area contributed by atoms with Crippen LogP contribution in [0.25, 0.3) is 16.8 Å². The van der Waals surface area contributed by atoms with Crippen LogP contribution < -0.4 is 14.8 Å². The number of aromatic nitrogens is 3. The summed E-state index contributed by atoms with van der Waals surface area (Å²) in [6.45, 7) is 3.87. The highest BCUT2D eigenvalue weighted by Gasteiger charge is 2.55. The first-order chi connectivity index (χ1) is 14.4. The number of benzene rings is 1. The lowest BCUT2D eigenvalue weighted by Gasteiger charge is -2.14. The average molecular weight is 405 g/mol. The van der Waals surface area contributed by atoms with Crippen molar-refractivity contribution in [3.05, 3.63) is 41.7 Å². The zero-order valence-corrected chi connectivity index (χ0v) is 17.4. The van der Waals surface area contributed by atoms with E-state index in [1.54, 1.807) is 29.8 Å². The Morgan fingerprint density at radius 3 is 2.60 bits per heavy atom. The number of nitrogens with one attached hydrogen (secondary N) is 1. The van der Waals surface area contributed by atoms with Gasteiger partial charge in [-0.3, -0.25) is 4.79 Å². The normalized spacial score (nSPS) is 14.4. The Kier molecular flexibility index (Phi) is 4.82. The van der Waals surface area contributed by atoms with Crippen LogP contribution >= 0.6 is 0 Å². The highest BCUT2D eigenvalue weighted by atomic mass is 16.5. The van der Waals surface area contributed by atoms with Crippen LogP contribution in [0.5, 0.6) is 11.6 Å². The first-order valence-corrected chi connectivity index (χ1v) is 9.77. The fraction of sp³-hybridized carbons (Fsp3) is 0.364. The lowest BCUT2D eigenvalue weighted by atomic mass is 10.0. The first-order valence-electron chi connectivity index (χ1n) is 9.77. The molecule has 8 nitrogen and oxygen atoms in total. The topological polar surface area (TPSA) is 102 Å². The minimum atomic E-state index is -0.694. The minimum absolute atomic E-state index is 0.0446. The number of ether oxygens (including phenoxy) is 2. The van der Waals surface area contributed by atoms with E-state index in [0.29, 0.717) is 41.5 Å². The second-order valence-corrected chi connectivity index (χ2v) is 7.70. The Morgan fingerprint density at radius 1 is 1.23 bits per heavy atom. The van der Waals surface area contributed by atoms with Gasteiger partial charge in [0.25, 0.3) is 0 Å². The van der Waals surface area contributed by atoms with Crippen LogP contribution in [-0.2, 0) is 10.2 Å². The lowest BCUT2D eigenvalue weighted by Crippen LogP contribution is -2.39. The maximum Gasteiger partial charge on any atom is 0.234 e. The van der Waals surface area contributed by atoms with E-state index in [0.717, 1.165) is 11.1 Å². The predicted molar refractivity (Wildman–Crippen MR) is 110 cm³/mol. The van der Waals surface area contributed by atoms with Crippen LogP contribution in [0.3, 0.4) is 0 Å². The molecule has 154 valence electrons. The van der Waals surface area contributed by atoms with Crippen LogP contribution in [0.4, 0.5) is 0 Å². The Hall–Kier alpha value is -3.60. The third-order valence-electron chi connectivity index (χ3n) is 5.32. The molecule has 0 radical (unpaired) electrons. The van der Waals surface area contributed by atoms with Crippen molar-refractivity contribution in [1.82, 2.24) is 19.9 Å². The van der Waals surface area contributed by atoms with E-state index in [-0.39, 0.29) is 11.9 Å². The Morgan fingerprint density at radius 2 is 2.00 bits per heavy atom. The van der Waals surface area contributed by atoms with Crippen molar-refractivity contribution in [3.63, 3.8) is 0 Å². The van der Waals surface area contributed by atoms with Crippen LogP contribution in [0.2, 0.25) is 0 Å². The molecule has 8 heteroatoms. The van der Waals surface area contributed by atoms with Gasteiger partial charge in [-0.2, -0.15) is 9.78 Å². The summed E-state index contributed by atoms with van der Waals surface area (Å²) in [5, 5.41) is 16.9. The van der Waals surface area contributed by atoms with Crippen LogP contribution in [0.1, 0.15) is 38.1 Å². The summed E-state index contributed by atoms with van der Waals surface area (Å²) in [5.74, 6) is 1.45. The van der Waals surface area contributed by atoms with Gasteiger partial charge in [-0.05, 0) is 50.5 Å². The van der Waals surface area contributed by atoms with Gasteiger partial charge in [-0.25, -0.2) is 4.98 Å². The van der Waals surface area contributed by atoms with Gasteiger partial charge in [-0.15, -0.1) is 5.10 Å². The Balaban J connectivity index is 1.86. The van der Waals surface area contributed by atoms with Crippen molar-refractivity contribution < 1.29 is 14.3 Å². The SMILES string of the molecule is COc1cc(-c2ccc(OC)n3nc(C4(C(=O)NC(C)C)CC4)nc23)ccc1C#N. The highest BCUT2D eigenvalue weighted by molar-refractivity contribution is 5.91. The van der Waals surface area contributed by atoms with Crippen LogP contribution in [-0.4, -0.2) is 40.8 Å². The number of hydrogen-bond acceptors (Lipinski definition) is 6. The molecule has 1 aliphatic carbocycles. The molecule has 0 unspecified atom stereocenters. The highest BCUT2D eigenvalue weighted by Crippen LogP contribution is 2.47. The number of nitrogens with zero attached hydrogens (tertiary/aromatic N) is 4. The molecule has 1 saturated carbocycles. The Labute approximate surface area is 174 Å². The number of amides is 1. The second-order valence-electron chi connectivity index (χ2n) is 7.70. The molecule has 4 rings (SSSR count). The minimum Gasteiger partial charge on any atom is -0.495 e. The number of fused-ring (bicyclic) bond motifs is 1. The smallest absolute Gasteiger partial charge is 0.234 e. The molecule has 1 N–H and O–H groups in total. The van der Waals surface area contributed by atoms with E-state index < -0.39 is 5.41 Å². The summed E-state index contributed by atoms with van der Waals surface area (Å²) < 4.78 is 12.4. The molecule has 3 aromatic rings. The standard InChI is InChI=1S/C22H23N5O3/c1-13(2)24-21(28)22(9-10-22)20-25-19-16(7-8-18(30-4)27(19)26-20)14-5-6-15(12-23)17(11-14)29-3/h5-8,11,13H,9-10H2,1-4H3,(H,24,28). The fourth-order valence-corrected chi connectivity index (χ4v) is 3.55. The quantitative estimate of drug-likeness (QED) is 0.677. The molecule has 0 aliphatic heterocycles. The number of rotatable bonds is 6. The van der Waals surface area contributed by atoms with Gasteiger partial charge in [0.05, 0.1) is 19.8 Å². The van der Waals surface area contributed by atoms with Gasteiger partial charge in [0.1, 0.15) is 17.2 Å². The van der Waals surface area contributed by atoms with E-state index in [4.69, 9.17) is 14.5 Å². The summed E-state index contributed by atoms with van der Waals surface area (Å²) in [4.78, 5) is 17.6. The second kappa shape index (κ2) is 7.34. The van der Waals surface area contributed by atoms with E-state index in [9.17, 15) is 10.1 Å². The van der Waals surface area contributed by atoms with E-state index in [1.807, 2.05) is 26.0 Å². The largest absolute Gasteiger partial charge is 0.495 e. The van der Waals surface area contributed by atoms with Gasteiger partial charge in [0.15, 0.2) is 11.5 Å². The van der Waals surface area contributed by atoms with Gasteiger partial charge in [0.2, 0.25) is 11.8 Å². The van der Waals surface area contributed by atoms with Crippen molar-refractivity contribution >= 4 is 11.6 Å². The molecule has 30 heavy (non-hydrogen) atoms. The summed E-state index contributed by atoms with van der Waals surface area (Å²) in [6, 6.07) is 11.2. The van der Waals surface area contributed by atoms with Gasteiger partial charge >= 0.3 is 0 Å². The van der Waals surface area contributed by atoms with Crippen molar-refractivity contribution in [2.24, 2.45) is 0 Å². The zero-order chi connectivity index (χ0) is 21.5. The molecule has 1 aliphatic rings. The molecule has 2 heterocycles. The van der Waals surface area contributed by atoms with Gasteiger partial charge in [-0.1, -0.05) is 6.07 Å². The molecular weight excluding hydrogens is 382 g/mol. The molecular formula is C22H23N5O3. The molecule has 1 amide bonds. The summed E-state index contributed by atoms with van der Waals surface area (Å²) in [5.41, 5.74) is 1.97. The zero-order valence-electron chi connectivity index (χ0n) is 17.4. The summed E-state index contributed by atoms with van der Waals surface area (Å²) >= 11 is 0. The van der Waals surface area contributed by atoms with Crippen molar-refractivity contribution in [2.75, 3.05) is 14.2 Å². The maximum absolute atomic E-state index is 12.8. The number of carbonyl (C=O) groups is 1. The van der Waals surface area contributed by atoms with Crippen molar-refractivity contribution in [1.29, 1.82) is 5.26 Å². The molecule has 0 saturated heterocycles. The molecule has 1 fully saturated rings. The molecule has 2 aromatic heterocycles. The van der Waals surface area contributed by atoms with E-state index in [1.165, 1.54) is 7.11 Å². The number of hydrogen-bond donors (Lipinski definition) is 1. The van der Waals surface area contributed by atoms with Crippen molar-refractivity contribution in [3.8, 4) is 28.8 Å². The van der Waals surface area contributed by atoms with E-state index >= 15 is 0 Å².